The number of amides is 1. The van der Waals surface area contributed by atoms with Crippen LogP contribution in [0, 0.1) is 5.82 Å². The van der Waals surface area contributed by atoms with E-state index in [1.165, 1.54) is 6.07 Å². The second kappa shape index (κ2) is 7.86. The van der Waals surface area contributed by atoms with Crippen molar-refractivity contribution in [1.82, 2.24) is 9.80 Å². The smallest absolute Gasteiger partial charge is 0.231 e. The van der Waals surface area contributed by atoms with Crippen molar-refractivity contribution in [3.8, 4) is 11.5 Å². The Morgan fingerprint density at radius 2 is 1.81 bits per heavy atom. The van der Waals surface area contributed by atoms with E-state index < -0.39 is 0 Å². The molecule has 142 valence electrons. The molecule has 2 aromatic rings. The van der Waals surface area contributed by atoms with E-state index in [1.54, 1.807) is 12.1 Å². The fourth-order valence-corrected chi connectivity index (χ4v) is 3.81. The first-order valence-corrected chi connectivity index (χ1v) is 9.70. The van der Waals surface area contributed by atoms with Gasteiger partial charge in [-0.1, -0.05) is 22.0 Å². The Morgan fingerprint density at radius 1 is 1.04 bits per heavy atom. The Kier molecular flexibility index (Phi) is 5.31. The zero-order valence-corrected chi connectivity index (χ0v) is 16.4. The van der Waals surface area contributed by atoms with Crippen LogP contribution in [0.25, 0.3) is 0 Å². The second-order valence-electron chi connectivity index (χ2n) is 6.76. The third-order valence-electron chi connectivity index (χ3n) is 4.92. The summed E-state index contributed by atoms with van der Waals surface area (Å²) in [5, 5.41) is 0. The van der Waals surface area contributed by atoms with E-state index in [2.05, 4.69) is 20.8 Å². The third kappa shape index (κ3) is 4.25. The molecule has 0 aromatic heterocycles. The highest BCUT2D eigenvalue weighted by molar-refractivity contribution is 9.10. The minimum Gasteiger partial charge on any atom is -0.454 e. The van der Waals surface area contributed by atoms with Crippen molar-refractivity contribution in [1.29, 1.82) is 0 Å². The molecule has 27 heavy (non-hydrogen) atoms. The Bertz CT molecular complexity index is 853. The van der Waals surface area contributed by atoms with Crippen LogP contribution < -0.4 is 9.47 Å². The van der Waals surface area contributed by atoms with Crippen molar-refractivity contribution < 1.29 is 18.7 Å². The number of ether oxygens (including phenoxy) is 2. The van der Waals surface area contributed by atoms with Crippen molar-refractivity contribution in [2.24, 2.45) is 0 Å². The quantitative estimate of drug-likeness (QED) is 0.740. The predicted molar refractivity (Wildman–Crippen MR) is 102 cm³/mol. The topological polar surface area (TPSA) is 42.0 Å². The maximum atomic E-state index is 13.9. The Morgan fingerprint density at radius 3 is 2.63 bits per heavy atom. The van der Waals surface area contributed by atoms with E-state index in [9.17, 15) is 9.18 Å². The van der Waals surface area contributed by atoms with E-state index in [0.717, 1.165) is 41.2 Å². The average molecular weight is 435 g/mol. The molecule has 2 aromatic carbocycles. The summed E-state index contributed by atoms with van der Waals surface area (Å²) in [5.74, 6) is 1.20. The minimum absolute atomic E-state index is 0.0327. The van der Waals surface area contributed by atoms with Crippen molar-refractivity contribution in [2.45, 2.75) is 13.0 Å². The number of carbonyl (C=O) groups is 1. The molecule has 0 N–H and O–H groups in total. The Balaban J connectivity index is 1.30. The largest absolute Gasteiger partial charge is 0.454 e. The number of halogens is 2. The molecule has 1 saturated heterocycles. The maximum Gasteiger partial charge on any atom is 0.231 e. The molecule has 7 heteroatoms. The van der Waals surface area contributed by atoms with Crippen LogP contribution in [0.4, 0.5) is 4.39 Å². The molecule has 0 aliphatic carbocycles. The molecular formula is C20H20BrFN2O3. The molecule has 0 bridgehead atoms. The molecule has 0 spiro atoms. The number of hydrogen-bond acceptors (Lipinski definition) is 4. The molecule has 0 unspecified atom stereocenters. The maximum absolute atomic E-state index is 13.9. The van der Waals surface area contributed by atoms with Crippen molar-refractivity contribution in [2.75, 3.05) is 33.0 Å². The summed E-state index contributed by atoms with van der Waals surface area (Å²) >= 11 is 3.33. The van der Waals surface area contributed by atoms with Crippen LogP contribution in [0.1, 0.15) is 11.1 Å². The second-order valence-corrected chi connectivity index (χ2v) is 7.67. The summed E-state index contributed by atoms with van der Waals surface area (Å²) in [4.78, 5) is 16.6. The zero-order chi connectivity index (χ0) is 18.8. The highest BCUT2D eigenvalue weighted by Crippen LogP contribution is 2.32. The molecule has 0 atom stereocenters. The van der Waals surface area contributed by atoms with Gasteiger partial charge in [0, 0.05) is 37.2 Å². The van der Waals surface area contributed by atoms with Crippen molar-refractivity contribution in [3.05, 3.63) is 57.8 Å². The van der Waals surface area contributed by atoms with Crippen LogP contribution in [-0.2, 0) is 17.8 Å². The highest BCUT2D eigenvalue weighted by atomic mass is 79.9. The molecule has 5 nitrogen and oxygen atoms in total. The molecule has 2 aliphatic heterocycles. The lowest BCUT2D eigenvalue weighted by molar-refractivity contribution is -0.132. The van der Waals surface area contributed by atoms with Gasteiger partial charge in [0.05, 0.1) is 6.42 Å². The summed E-state index contributed by atoms with van der Waals surface area (Å²) in [6.45, 7) is 3.97. The summed E-state index contributed by atoms with van der Waals surface area (Å²) in [7, 11) is 0. The SMILES string of the molecule is O=C(Cc1cc(Br)ccc1F)N1CCN(Cc2ccc3c(c2)OCO3)CC1. The third-order valence-corrected chi connectivity index (χ3v) is 5.41. The van der Waals surface area contributed by atoms with Crippen LogP contribution in [0.2, 0.25) is 0 Å². The van der Waals surface area contributed by atoms with Crippen molar-refractivity contribution in [3.63, 3.8) is 0 Å². The lowest BCUT2D eigenvalue weighted by Gasteiger charge is -2.35. The van der Waals surface area contributed by atoms with E-state index in [0.29, 0.717) is 18.7 Å². The number of nitrogens with zero attached hydrogens (tertiary/aromatic N) is 2. The Labute approximate surface area is 165 Å². The zero-order valence-electron chi connectivity index (χ0n) is 14.8. The Hall–Kier alpha value is -2.12. The van der Waals surface area contributed by atoms with Crippen LogP contribution in [0.5, 0.6) is 11.5 Å². The lowest BCUT2D eigenvalue weighted by atomic mass is 10.1. The number of rotatable bonds is 4. The van der Waals surface area contributed by atoms with Gasteiger partial charge >= 0.3 is 0 Å². The number of piperazine rings is 1. The number of benzene rings is 2. The molecule has 1 fully saturated rings. The predicted octanol–water partition coefficient (Wildman–Crippen LogP) is 3.20. The summed E-state index contributed by atoms with van der Waals surface area (Å²) in [5.41, 5.74) is 1.59. The molecular weight excluding hydrogens is 415 g/mol. The molecule has 0 radical (unpaired) electrons. The first-order valence-electron chi connectivity index (χ1n) is 8.91. The monoisotopic (exact) mass is 434 g/mol. The molecule has 1 amide bonds. The number of hydrogen-bond donors (Lipinski definition) is 0. The number of fused-ring (bicyclic) bond motifs is 1. The first-order chi connectivity index (χ1) is 13.1. The van der Waals surface area contributed by atoms with Gasteiger partial charge in [0.1, 0.15) is 5.82 Å². The first kappa shape index (κ1) is 18.3. The fraction of sp³-hybridized carbons (Fsp3) is 0.350. The van der Waals surface area contributed by atoms with Gasteiger partial charge in [-0.05, 0) is 41.5 Å². The summed E-state index contributed by atoms with van der Waals surface area (Å²) < 4.78 is 25.4. The van der Waals surface area contributed by atoms with Gasteiger partial charge in [0.2, 0.25) is 12.7 Å². The molecule has 0 saturated carbocycles. The minimum atomic E-state index is -0.340. The molecule has 2 heterocycles. The number of carbonyl (C=O) groups excluding carboxylic acids is 1. The van der Waals surface area contributed by atoms with Crippen LogP contribution in [0.3, 0.4) is 0 Å². The molecule has 2 aliphatic rings. The van der Waals surface area contributed by atoms with Gasteiger partial charge < -0.3 is 14.4 Å². The molecule has 4 rings (SSSR count). The van der Waals surface area contributed by atoms with Gasteiger partial charge in [0.15, 0.2) is 11.5 Å². The van der Waals surface area contributed by atoms with Crippen LogP contribution in [0.15, 0.2) is 40.9 Å². The van der Waals surface area contributed by atoms with Crippen LogP contribution in [-0.4, -0.2) is 48.7 Å². The van der Waals surface area contributed by atoms with E-state index in [-0.39, 0.29) is 24.9 Å². The van der Waals surface area contributed by atoms with Gasteiger partial charge in [-0.2, -0.15) is 0 Å². The van der Waals surface area contributed by atoms with Crippen LogP contribution >= 0.6 is 15.9 Å². The summed E-state index contributed by atoms with van der Waals surface area (Å²) in [6.07, 6.45) is 0.0907. The van der Waals surface area contributed by atoms with Gasteiger partial charge in [-0.3, -0.25) is 9.69 Å². The van der Waals surface area contributed by atoms with Crippen molar-refractivity contribution >= 4 is 21.8 Å². The average Bonchev–Trinajstić information content (AvgIpc) is 3.13. The van der Waals surface area contributed by atoms with Gasteiger partial charge in [0.25, 0.3) is 0 Å². The van der Waals surface area contributed by atoms with E-state index in [1.807, 2.05) is 23.1 Å². The summed E-state index contributed by atoms with van der Waals surface area (Å²) in [6, 6.07) is 10.7. The van der Waals surface area contributed by atoms with E-state index >= 15 is 0 Å². The normalized spacial score (nSPS) is 16.6. The van der Waals surface area contributed by atoms with E-state index in [4.69, 9.17) is 9.47 Å². The fourth-order valence-electron chi connectivity index (χ4n) is 3.41. The highest BCUT2D eigenvalue weighted by Gasteiger charge is 2.23. The van der Waals surface area contributed by atoms with Gasteiger partial charge in [-0.15, -0.1) is 0 Å². The van der Waals surface area contributed by atoms with Gasteiger partial charge in [-0.25, -0.2) is 4.39 Å². The standard InChI is InChI=1S/C20H20BrFN2O3/c21-16-2-3-17(22)15(10-16)11-20(25)24-7-5-23(6-8-24)12-14-1-4-18-19(9-14)27-13-26-18/h1-4,9-10H,5-8,11-13H2. The lowest BCUT2D eigenvalue weighted by Crippen LogP contribution is -2.48.